The topological polar surface area (TPSA) is 4.93 Å². The summed E-state index contributed by atoms with van der Waals surface area (Å²) in [6.45, 7) is 0. The van der Waals surface area contributed by atoms with Crippen molar-refractivity contribution in [2.45, 2.75) is 0 Å². The predicted molar refractivity (Wildman–Crippen MR) is 125 cm³/mol. The van der Waals surface area contributed by atoms with Crippen LogP contribution in [-0.4, -0.2) is 4.57 Å². The van der Waals surface area contributed by atoms with Gasteiger partial charge in [0.05, 0.1) is 16.7 Å². The molecule has 6 rings (SSSR count). The fraction of sp³-hybridized carbons (Fsp3) is 0. The third-order valence-electron chi connectivity index (χ3n) is 5.25. The first-order valence-corrected chi connectivity index (χ1v) is 9.90. The van der Waals surface area contributed by atoms with Crippen LogP contribution in [0.25, 0.3) is 38.3 Å². The van der Waals surface area contributed by atoms with Crippen LogP contribution in [0, 0.1) is 0 Å². The molecule has 5 aromatic carbocycles. The Morgan fingerprint density at radius 3 is 1.38 bits per heavy atom. The Bertz CT molecular complexity index is 1310. The van der Waals surface area contributed by atoms with Gasteiger partial charge in [0.25, 0.3) is 0 Å². The quantitative estimate of drug-likeness (QED) is 0.280. The predicted octanol–water partition coefficient (Wildman–Crippen LogP) is 7.62. The van der Waals surface area contributed by atoms with Crippen molar-refractivity contribution in [3.8, 4) is 5.69 Å². The number of aromatic nitrogens is 1. The van der Waals surface area contributed by atoms with Crippen LogP contribution in [0.15, 0.2) is 127 Å². The molecule has 0 spiro atoms. The number of rotatable bonds is 1. The number of nitrogens with zero attached hydrogens (tertiary/aromatic N) is 1. The van der Waals surface area contributed by atoms with Crippen LogP contribution in [0.2, 0.25) is 0 Å². The highest BCUT2D eigenvalue weighted by molar-refractivity contribution is 6.10. The molecule has 1 heterocycles. The fourth-order valence-corrected chi connectivity index (χ4v) is 3.97. The molecule has 0 saturated heterocycles. The van der Waals surface area contributed by atoms with Crippen molar-refractivity contribution in [1.29, 1.82) is 0 Å². The van der Waals surface area contributed by atoms with Crippen molar-refractivity contribution in [2.75, 3.05) is 0 Å². The standard InChI is InChI=1S/C22H15N.C6H6/c1-2-10-17-16(8-1)9-7-15-20(17)23-21-13-5-3-11-18(21)19-12-4-6-14-22(19)23;1-2-4-6-5-3-1/h1-15H;1-6H. The normalized spacial score (nSPS) is 10.8. The molecule has 0 N–H and O–H groups in total. The first kappa shape index (κ1) is 17.3. The van der Waals surface area contributed by atoms with Crippen LogP contribution in [0.5, 0.6) is 0 Å². The molecule has 29 heavy (non-hydrogen) atoms. The number of fused-ring (bicyclic) bond motifs is 4. The van der Waals surface area contributed by atoms with Crippen LogP contribution in [0.1, 0.15) is 0 Å². The maximum atomic E-state index is 2.38. The summed E-state index contributed by atoms with van der Waals surface area (Å²) >= 11 is 0. The van der Waals surface area contributed by atoms with E-state index in [1.165, 1.54) is 38.3 Å². The molecule has 0 aliphatic heterocycles. The first-order valence-electron chi connectivity index (χ1n) is 9.90. The molecular formula is C28H21N. The monoisotopic (exact) mass is 371 g/mol. The number of hydrogen-bond acceptors (Lipinski definition) is 0. The Morgan fingerprint density at radius 1 is 0.345 bits per heavy atom. The number of benzene rings is 5. The lowest BCUT2D eigenvalue weighted by Gasteiger charge is -2.11. The minimum atomic E-state index is 1.24. The highest BCUT2D eigenvalue weighted by atomic mass is 15.0. The summed E-state index contributed by atoms with van der Waals surface area (Å²) in [4.78, 5) is 0. The van der Waals surface area contributed by atoms with Gasteiger partial charge in [-0.15, -0.1) is 0 Å². The lowest BCUT2D eigenvalue weighted by molar-refractivity contribution is 1.20. The van der Waals surface area contributed by atoms with Gasteiger partial charge in [-0.2, -0.15) is 0 Å². The second-order valence-corrected chi connectivity index (χ2v) is 7.02. The molecule has 0 unspecified atom stereocenters. The molecule has 1 heteroatoms. The van der Waals surface area contributed by atoms with Gasteiger partial charge >= 0.3 is 0 Å². The van der Waals surface area contributed by atoms with E-state index in [1.807, 2.05) is 36.4 Å². The SMILES string of the molecule is c1ccc2c(-n3c4ccccc4c4ccccc43)cccc2c1.c1ccccc1. The molecular weight excluding hydrogens is 350 g/mol. The summed E-state index contributed by atoms with van der Waals surface area (Å²) in [5, 5.41) is 5.15. The van der Waals surface area contributed by atoms with Gasteiger partial charge in [0.2, 0.25) is 0 Å². The highest BCUT2D eigenvalue weighted by Crippen LogP contribution is 2.34. The molecule has 0 amide bonds. The van der Waals surface area contributed by atoms with E-state index >= 15 is 0 Å². The smallest absolute Gasteiger partial charge is 0.0541 e. The second-order valence-electron chi connectivity index (χ2n) is 7.02. The van der Waals surface area contributed by atoms with E-state index in [9.17, 15) is 0 Å². The summed E-state index contributed by atoms with van der Waals surface area (Å²) in [7, 11) is 0. The summed E-state index contributed by atoms with van der Waals surface area (Å²) in [6.07, 6.45) is 0. The van der Waals surface area contributed by atoms with E-state index in [1.54, 1.807) is 0 Å². The third kappa shape index (κ3) is 3.17. The van der Waals surface area contributed by atoms with E-state index in [-0.39, 0.29) is 0 Å². The summed E-state index contributed by atoms with van der Waals surface area (Å²) in [5.74, 6) is 0. The summed E-state index contributed by atoms with van der Waals surface area (Å²) in [5.41, 5.74) is 3.75. The van der Waals surface area contributed by atoms with Gasteiger partial charge in [-0.25, -0.2) is 0 Å². The highest BCUT2D eigenvalue weighted by Gasteiger charge is 2.12. The maximum Gasteiger partial charge on any atom is 0.0541 e. The van der Waals surface area contributed by atoms with Crippen molar-refractivity contribution in [1.82, 2.24) is 4.57 Å². The molecule has 0 aliphatic rings. The zero-order chi connectivity index (χ0) is 19.5. The minimum Gasteiger partial charge on any atom is -0.309 e. The lowest BCUT2D eigenvalue weighted by atomic mass is 10.1. The van der Waals surface area contributed by atoms with Gasteiger partial charge < -0.3 is 4.57 Å². The Morgan fingerprint density at radius 2 is 0.793 bits per heavy atom. The minimum absolute atomic E-state index is 1.24. The van der Waals surface area contributed by atoms with E-state index in [4.69, 9.17) is 0 Å². The summed E-state index contributed by atoms with van der Waals surface area (Å²) in [6, 6.07) is 44.4. The van der Waals surface area contributed by atoms with Gasteiger partial charge in [-0.1, -0.05) is 109 Å². The molecule has 1 aromatic heterocycles. The average molecular weight is 371 g/mol. The Hall–Kier alpha value is -3.84. The van der Waals surface area contributed by atoms with Gasteiger partial charge in [0.1, 0.15) is 0 Å². The van der Waals surface area contributed by atoms with E-state index < -0.39 is 0 Å². The van der Waals surface area contributed by atoms with E-state index in [2.05, 4.69) is 95.6 Å². The van der Waals surface area contributed by atoms with Crippen LogP contribution >= 0.6 is 0 Å². The first-order chi connectivity index (χ1) is 14.4. The molecule has 1 nitrogen and oxygen atoms in total. The average Bonchev–Trinajstić information content (AvgIpc) is 3.15. The Kier molecular flexibility index (Phi) is 4.56. The third-order valence-corrected chi connectivity index (χ3v) is 5.25. The molecule has 0 saturated carbocycles. The molecule has 0 bridgehead atoms. The molecule has 0 radical (unpaired) electrons. The Balaban J connectivity index is 0.000000262. The van der Waals surface area contributed by atoms with Crippen molar-refractivity contribution >= 4 is 32.6 Å². The molecule has 0 aliphatic carbocycles. The van der Waals surface area contributed by atoms with Crippen molar-refractivity contribution < 1.29 is 0 Å². The van der Waals surface area contributed by atoms with E-state index in [0.717, 1.165) is 0 Å². The summed E-state index contributed by atoms with van der Waals surface area (Å²) < 4.78 is 2.38. The molecule has 0 fully saturated rings. The van der Waals surface area contributed by atoms with Crippen molar-refractivity contribution in [3.05, 3.63) is 127 Å². The molecule has 0 atom stereocenters. The van der Waals surface area contributed by atoms with Gasteiger partial charge in [0.15, 0.2) is 0 Å². The molecule has 138 valence electrons. The zero-order valence-corrected chi connectivity index (χ0v) is 16.1. The van der Waals surface area contributed by atoms with Gasteiger partial charge in [-0.3, -0.25) is 0 Å². The van der Waals surface area contributed by atoms with E-state index in [0.29, 0.717) is 0 Å². The zero-order valence-electron chi connectivity index (χ0n) is 16.1. The second kappa shape index (κ2) is 7.65. The van der Waals surface area contributed by atoms with Crippen LogP contribution in [0.3, 0.4) is 0 Å². The van der Waals surface area contributed by atoms with Crippen molar-refractivity contribution in [3.63, 3.8) is 0 Å². The Labute approximate surface area is 170 Å². The lowest BCUT2D eigenvalue weighted by Crippen LogP contribution is -1.94. The van der Waals surface area contributed by atoms with Crippen LogP contribution in [-0.2, 0) is 0 Å². The maximum absolute atomic E-state index is 2.38. The largest absolute Gasteiger partial charge is 0.309 e. The number of hydrogen-bond donors (Lipinski definition) is 0. The van der Waals surface area contributed by atoms with Crippen molar-refractivity contribution in [2.24, 2.45) is 0 Å². The fourth-order valence-electron chi connectivity index (χ4n) is 3.97. The number of para-hydroxylation sites is 2. The van der Waals surface area contributed by atoms with Gasteiger partial charge in [-0.05, 0) is 23.6 Å². The molecule has 6 aromatic rings. The van der Waals surface area contributed by atoms with Crippen LogP contribution < -0.4 is 0 Å². The van der Waals surface area contributed by atoms with Gasteiger partial charge in [0, 0.05) is 16.2 Å². The van der Waals surface area contributed by atoms with Crippen LogP contribution in [0.4, 0.5) is 0 Å².